The molecule has 0 aromatic heterocycles. The third-order valence-electron chi connectivity index (χ3n) is 3.46. The average Bonchev–Trinajstić information content (AvgIpc) is 2.39. The Hall–Kier alpha value is -1.50. The van der Waals surface area contributed by atoms with Crippen LogP contribution in [-0.4, -0.2) is 16.2 Å². The standard InChI is InChI=1S/C15H19ClF3NO3/c16-12-9-11(10-13(21)14(12)20(22)23)7-5-3-1-2-4-6-8-15(17,18)19/h9-10,21H,1-8H2. The van der Waals surface area contributed by atoms with Gasteiger partial charge in [-0.3, -0.25) is 10.1 Å². The smallest absolute Gasteiger partial charge is 0.389 e. The Kier molecular flexibility index (Phi) is 7.61. The number of rotatable bonds is 9. The molecule has 0 saturated carbocycles. The molecule has 0 aliphatic heterocycles. The molecule has 0 atom stereocenters. The van der Waals surface area contributed by atoms with Gasteiger partial charge in [-0.15, -0.1) is 0 Å². The van der Waals surface area contributed by atoms with E-state index < -0.39 is 29.0 Å². The number of benzene rings is 1. The Morgan fingerprint density at radius 2 is 1.65 bits per heavy atom. The van der Waals surface area contributed by atoms with Crippen molar-refractivity contribution >= 4 is 17.3 Å². The molecule has 130 valence electrons. The molecule has 0 amide bonds. The molecule has 0 aliphatic carbocycles. The summed E-state index contributed by atoms with van der Waals surface area (Å²) in [4.78, 5) is 9.96. The minimum atomic E-state index is -4.07. The second-order valence-electron chi connectivity index (χ2n) is 5.44. The Morgan fingerprint density at radius 3 is 2.17 bits per heavy atom. The number of nitro groups is 1. The van der Waals surface area contributed by atoms with E-state index in [2.05, 4.69) is 0 Å². The van der Waals surface area contributed by atoms with Crippen LogP contribution in [0.1, 0.15) is 50.5 Å². The summed E-state index contributed by atoms with van der Waals surface area (Å²) in [6.07, 6.45) is -0.251. The molecule has 0 saturated heterocycles. The molecule has 1 aromatic rings. The van der Waals surface area contributed by atoms with Crippen molar-refractivity contribution in [3.8, 4) is 5.75 Å². The number of nitrogens with zero attached hydrogens (tertiary/aromatic N) is 1. The largest absolute Gasteiger partial charge is 0.502 e. The third kappa shape index (κ3) is 7.54. The quantitative estimate of drug-likeness (QED) is 0.347. The van der Waals surface area contributed by atoms with Crippen molar-refractivity contribution < 1.29 is 23.2 Å². The van der Waals surface area contributed by atoms with E-state index in [1.165, 1.54) is 12.1 Å². The van der Waals surface area contributed by atoms with Crippen molar-refractivity contribution in [2.24, 2.45) is 0 Å². The van der Waals surface area contributed by atoms with Crippen LogP contribution in [0.3, 0.4) is 0 Å². The number of halogens is 4. The molecule has 0 spiro atoms. The Morgan fingerprint density at radius 1 is 1.09 bits per heavy atom. The summed E-state index contributed by atoms with van der Waals surface area (Å²) in [7, 11) is 0. The van der Waals surface area contributed by atoms with Gasteiger partial charge in [0.2, 0.25) is 0 Å². The summed E-state index contributed by atoms with van der Waals surface area (Å²) in [6.45, 7) is 0. The summed E-state index contributed by atoms with van der Waals surface area (Å²) in [5.41, 5.74) is 0.204. The third-order valence-corrected chi connectivity index (χ3v) is 3.75. The summed E-state index contributed by atoms with van der Waals surface area (Å²) >= 11 is 5.77. The van der Waals surface area contributed by atoms with Gasteiger partial charge >= 0.3 is 11.9 Å². The van der Waals surface area contributed by atoms with Crippen molar-refractivity contribution in [3.05, 3.63) is 32.8 Å². The maximum atomic E-state index is 11.9. The van der Waals surface area contributed by atoms with Gasteiger partial charge in [-0.25, -0.2) is 0 Å². The van der Waals surface area contributed by atoms with Crippen molar-refractivity contribution in [1.29, 1.82) is 0 Å². The number of unbranched alkanes of at least 4 members (excludes halogenated alkanes) is 5. The van der Waals surface area contributed by atoms with Crippen molar-refractivity contribution in [2.75, 3.05) is 0 Å². The number of hydrogen-bond acceptors (Lipinski definition) is 3. The number of aryl methyl sites for hydroxylation is 1. The summed E-state index contributed by atoms with van der Waals surface area (Å²) < 4.78 is 35.8. The fraction of sp³-hybridized carbons (Fsp3) is 0.600. The Labute approximate surface area is 137 Å². The highest BCUT2D eigenvalue weighted by molar-refractivity contribution is 6.33. The fourth-order valence-electron chi connectivity index (χ4n) is 2.33. The minimum Gasteiger partial charge on any atom is -0.502 e. The first-order valence-electron chi connectivity index (χ1n) is 7.43. The number of alkyl halides is 3. The van der Waals surface area contributed by atoms with E-state index in [9.17, 15) is 28.4 Å². The number of nitro benzene ring substituents is 1. The lowest BCUT2D eigenvalue weighted by Gasteiger charge is -2.06. The van der Waals surface area contributed by atoms with Crippen molar-refractivity contribution in [2.45, 2.75) is 57.5 Å². The summed E-state index contributed by atoms with van der Waals surface area (Å²) in [5, 5.41) is 20.2. The SMILES string of the molecule is O=[N+]([O-])c1c(O)cc(CCCCCCCCC(F)(F)F)cc1Cl. The van der Waals surface area contributed by atoms with E-state index >= 15 is 0 Å². The van der Waals surface area contributed by atoms with Gasteiger partial charge in [-0.2, -0.15) is 13.2 Å². The summed E-state index contributed by atoms with van der Waals surface area (Å²) in [5.74, 6) is -0.454. The van der Waals surface area contributed by atoms with Crippen LogP contribution in [0.2, 0.25) is 5.02 Å². The molecular weight excluding hydrogens is 335 g/mol. The van der Waals surface area contributed by atoms with Crippen LogP contribution in [0.5, 0.6) is 5.75 Å². The molecular formula is C15H19ClF3NO3. The first kappa shape index (κ1) is 19.5. The monoisotopic (exact) mass is 353 g/mol. The van der Waals surface area contributed by atoms with Crippen molar-refractivity contribution in [1.82, 2.24) is 0 Å². The molecule has 0 aliphatic rings. The highest BCUT2D eigenvalue weighted by atomic mass is 35.5. The van der Waals surface area contributed by atoms with Crippen LogP contribution < -0.4 is 0 Å². The van der Waals surface area contributed by atoms with Crippen LogP contribution in [0.25, 0.3) is 0 Å². The molecule has 1 rings (SSSR count). The van der Waals surface area contributed by atoms with Gasteiger partial charge in [-0.05, 0) is 37.0 Å². The van der Waals surface area contributed by atoms with Gasteiger partial charge in [0.25, 0.3) is 0 Å². The zero-order valence-corrected chi connectivity index (χ0v) is 13.3. The predicted octanol–water partition coefficient (Wildman–Crippen LogP) is 5.79. The second kappa shape index (κ2) is 8.96. The molecule has 0 bridgehead atoms. The minimum absolute atomic E-state index is 0.0999. The van der Waals surface area contributed by atoms with Crippen LogP contribution in [-0.2, 0) is 6.42 Å². The number of phenols is 1. The van der Waals surface area contributed by atoms with E-state index in [0.717, 1.165) is 25.7 Å². The maximum absolute atomic E-state index is 11.9. The molecule has 23 heavy (non-hydrogen) atoms. The van der Waals surface area contributed by atoms with Crippen molar-refractivity contribution in [3.63, 3.8) is 0 Å². The van der Waals surface area contributed by atoms with Gasteiger partial charge in [0.05, 0.1) is 4.92 Å². The summed E-state index contributed by atoms with van der Waals surface area (Å²) in [6, 6.07) is 2.79. The first-order chi connectivity index (χ1) is 10.7. The number of phenolic OH excluding ortho intramolecular Hbond substituents is 1. The van der Waals surface area contributed by atoms with Gasteiger partial charge in [0.15, 0.2) is 5.75 Å². The maximum Gasteiger partial charge on any atom is 0.389 e. The van der Waals surface area contributed by atoms with Crippen LogP contribution >= 0.6 is 11.6 Å². The zero-order valence-electron chi connectivity index (χ0n) is 12.5. The van der Waals surface area contributed by atoms with E-state index in [4.69, 9.17) is 11.6 Å². The van der Waals surface area contributed by atoms with E-state index in [-0.39, 0.29) is 11.4 Å². The zero-order chi connectivity index (χ0) is 17.5. The van der Waals surface area contributed by atoms with E-state index in [0.29, 0.717) is 18.4 Å². The average molecular weight is 354 g/mol. The van der Waals surface area contributed by atoms with E-state index in [1.807, 2.05) is 0 Å². The highest BCUT2D eigenvalue weighted by Crippen LogP contribution is 2.35. The van der Waals surface area contributed by atoms with E-state index in [1.54, 1.807) is 0 Å². The van der Waals surface area contributed by atoms with Crippen LogP contribution in [0.4, 0.5) is 18.9 Å². The molecule has 8 heteroatoms. The molecule has 0 heterocycles. The lowest BCUT2D eigenvalue weighted by Crippen LogP contribution is -2.06. The molecule has 0 fully saturated rings. The topological polar surface area (TPSA) is 63.4 Å². The Balaban J connectivity index is 2.25. The van der Waals surface area contributed by atoms with Gasteiger partial charge < -0.3 is 5.11 Å². The number of hydrogen-bond donors (Lipinski definition) is 1. The molecule has 1 N–H and O–H groups in total. The molecule has 0 radical (unpaired) electrons. The normalized spacial score (nSPS) is 11.7. The van der Waals surface area contributed by atoms with Gasteiger partial charge in [-0.1, -0.05) is 37.3 Å². The Bertz CT molecular complexity index is 512. The van der Waals surface area contributed by atoms with Crippen LogP contribution in [0, 0.1) is 10.1 Å². The van der Waals surface area contributed by atoms with Gasteiger partial charge in [0.1, 0.15) is 5.02 Å². The fourth-order valence-corrected chi connectivity index (χ4v) is 2.63. The molecule has 1 aromatic carbocycles. The molecule has 0 unspecified atom stereocenters. The lowest BCUT2D eigenvalue weighted by atomic mass is 10.0. The second-order valence-corrected chi connectivity index (χ2v) is 5.85. The number of aromatic hydroxyl groups is 1. The van der Waals surface area contributed by atoms with Crippen LogP contribution in [0.15, 0.2) is 12.1 Å². The predicted molar refractivity (Wildman–Crippen MR) is 81.8 cm³/mol. The van der Waals surface area contributed by atoms with Gasteiger partial charge in [0, 0.05) is 6.42 Å². The lowest BCUT2D eigenvalue weighted by molar-refractivity contribution is -0.385. The first-order valence-corrected chi connectivity index (χ1v) is 7.81. The highest BCUT2D eigenvalue weighted by Gasteiger charge is 2.25. The molecule has 4 nitrogen and oxygen atoms in total.